The van der Waals surface area contributed by atoms with Crippen LogP contribution in [0.15, 0.2) is 72.0 Å². The predicted octanol–water partition coefficient (Wildman–Crippen LogP) is 5.10. The van der Waals surface area contributed by atoms with Gasteiger partial charge in [-0.2, -0.15) is 5.01 Å². The van der Waals surface area contributed by atoms with Crippen LogP contribution in [0.3, 0.4) is 0 Å². The Morgan fingerprint density at radius 2 is 1.93 bits per heavy atom. The molecule has 0 radical (unpaired) electrons. The minimum atomic E-state index is -0.0792. The number of carbonyl (C=O) groups excluding carboxylic acids is 1. The summed E-state index contributed by atoms with van der Waals surface area (Å²) in [6.07, 6.45) is 8.44. The molecule has 2 aliphatic heterocycles. The number of hydrogen-bond acceptors (Lipinski definition) is 3. The molecule has 1 saturated heterocycles. The summed E-state index contributed by atoms with van der Waals surface area (Å²) in [5.74, 6) is 3.72. The Bertz CT molecular complexity index is 960. The van der Waals surface area contributed by atoms with Gasteiger partial charge in [-0.1, -0.05) is 42.5 Å². The largest absolute Gasteiger partial charge is 0.497 e. The van der Waals surface area contributed by atoms with Crippen LogP contribution < -0.4 is 4.74 Å². The number of likely N-dealkylation sites (tertiary alicyclic amines) is 1. The minimum absolute atomic E-state index is 0.0792. The highest BCUT2D eigenvalue weighted by atomic mass is 16.5. The van der Waals surface area contributed by atoms with Crippen molar-refractivity contribution >= 4 is 17.5 Å². The van der Waals surface area contributed by atoms with Crippen molar-refractivity contribution in [2.24, 2.45) is 5.10 Å². The number of hydrazone groups is 1. The summed E-state index contributed by atoms with van der Waals surface area (Å²) in [5, 5.41) is 5.74. The highest BCUT2D eigenvalue weighted by Crippen LogP contribution is 2.26. The molecule has 1 fully saturated rings. The number of carbonyl (C=O) groups is 1. The molecule has 2 heterocycles. The maximum atomic E-state index is 13.4. The number of benzene rings is 2. The number of piperidine rings is 1. The molecular formula is C25H27N3O2. The van der Waals surface area contributed by atoms with E-state index in [-0.39, 0.29) is 12.1 Å². The van der Waals surface area contributed by atoms with E-state index in [1.807, 2.05) is 47.5 Å². The van der Waals surface area contributed by atoms with Crippen LogP contribution in [0.1, 0.15) is 36.8 Å². The molecule has 0 aromatic heterocycles. The molecule has 0 spiro atoms. The highest BCUT2D eigenvalue weighted by Gasteiger charge is 2.30. The molecule has 1 unspecified atom stereocenters. The summed E-state index contributed by atoms with van der Waals surface area (Å²) >= 11 is 0. The topological polar surface area (TPSA) is 45.1 Å². The lowest BCUT2D eigenvalue weighted by Crippen LogP contribution is -2.48. The second-order valence-corrected chi connectivity index (χ2v) is 7.68. The summed E-state index contributed by atoms with van der Waals surface area (Å²) in [4.78, 5) is 15.4. The summed E-state index contributed by atoms with van der Waals surface area (Å²) in [5.41, 5.74) is 3.33. The lowest BCUT2D eigenvalue weighted by molar-refractivity contribution is 0.128. The van der Waals surface area contributed by atoms with Gasteiger partial charge in [0.1, 0.15) is 5.75 Å². The number of urea groups is 1. The van der Waals surface area contributed by atoms with Crippen LogP contribution in [0.25, 0.3) is 5.57 Å². The first-order valence-corrected chi connectivity index (χ1v) is 10.5. The van der Waals surface area contributed by atoms with E-state index in [0.29, 0.717) is 6.42 Å². The fourth-order valence-corrected chi connectivity index (χ4v) is 4.07. The van der Waals surface area contributed by atoms with E-state index in [2.05, 4.69) is 35.2 Å². The monoisotopic (exact) mass is 401 g/mol. The molecule has 0 saturated carbocycles. The molecule has 5 nitrogen and oxygen atoms in total. The van der Waals surface area contributed by atoms with Crippen LogP contribution in [-0.2, 0) is 6.42 Å². The van der Waals surface area contributed by atoms with Gasteiger partial charge in [0.2, 0.25) is 0 Å². The van der Waals surface area contributed by atoms with Gasteiger partial charge in [-0.25, -0.2) is 4.79 Å². The van der Waals surface area contributed by atoms with Gasteiger partial charge in [0, 0.05) is 31.1 Å². The molecule has 2 amide bonds. The molecule has 2 aliphatic rings. The Kier molecular flexibility index (Phi) is 6.31. The van der Waals surface area contributed by atoms with Gasteiger partial charge in [0.25, 0.3) is 0 Å². The van der Waals surface area contributed by atoms with Gasteiger partial charge in [0.05, 0.1) is 7.11 Å². The van der Waals surface area contributed by atoms with E-state index in [4.69, 9.17) is 4.74 Å². The zero-order chi connectivity index (χ0) is 20.8. The fraction of sp³-hybridized carbons (Fsp3) is 0.320. The number of hydrogen-bond donors (Lipinski definition) is 0. The maximum absolute atomic E-state index is 13.4. The maximum Gasteiger partial charge on any atom is 0.345 e. The van der Waals surface area contributed by atoms with Gasteiger partial charge in [-0.05, 0) is 60.6 Å². The highest BCUT2D eigenvalue weighted by molar-refractivity contribution is 5.81. The average molecular weight is 402 g/mol. The van der Waals surface area contributed by atoms with Crippen molar-refractivity contribution < 1.29 is 9.53 Å². The van der Waals surface area contributed by atoms with Gasteiger partial charge < -0.3 is 9.64 Å². The number of amides is 2. The molecule has 5 heteroatoms. The number of methoxy groups -OCH3 is 1. The first-order valence-electron chi connectivity index (χ1n) is 10.5. The second-order valence-electron chi connectivity index (χ2n) is 7.68. The van der Waals surface area contributed by atoms with Crippen molar-refractivity contribution in [1.82, 2.24) is 9.91 Å². The molecule has 0 aliphatic carbocycles. The molecule has 2 aromatic carbocycles. The molecule has 2 aromatic rings. The number of nitrogens with zero attached hydrogens (tertiary/aromatic N) is 3. The summed E-state index contributed by atoms with van der Waals surface area (Å²) < 4.78 is 5.25. The van der Waals surface area contributed by atoms with Crippen LogP contribution in [-0.4, -0.2) is 41.5 Å². The van der Waals surface area contributed by atoms with E-state index < -0.39 is 0 Å². The van der Waals surface area contributed by atoms with E-state index in [1.54, 1.807) is 7.11 Å². The molecule has 0 bridgehead atoms. The number of allylic oxidation sites excluding steroid dienone is 2. The lowest BCUT2D eigenvalue weighted by Gasteiger charge is -2.37. The Balaban J connectivity index is 1.55. The minimum Gasteiger partial charge on any atom is -0.497 e. The SMILES string of the molecule is COc1ccc(C2=CN(C(=O)N3CCCCC3Cc3ccccc3)N=C=CC2)cc1. The van der Waals surface area contributed by atoms with E-state index >= 15 is 0 Å². The first kappa shape index (κ1) is 20.0. The van der Waals surface area contributed by atoms with Crippen LogP contribution in [0.5, 0.6) is 5.75 Å². The fourth-order valence-electron chi connectivity index (χ4n) is 4.07. The quantitative estimate of drug-likeness (QED) is 0.715. The van der Waals surface area contributed by atoms with Crippen molar-refractivity contribution in [3.8, 4) is 5.75 Å². The molecule has 4 rings (SSSR count). The van der Waals surface area contributed by atoms with Crippen LogP contribution in [0.4, 0.5) is 4.79 Å². The smallest absolute Gasteiger partial charge is 0.345 e. The Morgan fingerprint density at radius 3 is 2.70 bits per heavy atom. The predicted molar refractivity (Wildman–Crippen MR) is 119 cm³/mol. The summed E-state index contributed by atoms with van der Waals surface area (Å²) in [7, 11) is 1.65. The average Bonchev–Trinajstić information content (AvgIpc) is 3.06. The van der Waals surface area contributed by atoms with Crippen LogP contribution in [0.2, 0.25) is 0 Å². The first-order chi connectivity index (χ1) is 14.7. The molecule has 154 valence electrons. The van der Waals surface area contributed by atoms with E-state index in [9.17, 15) is 4.79 Å². The van der Waals surface area contributed by atoms with Crippen molar-refractivity contribution in [2.45, 2.75) is 38.1 Å². The van der Waals surface area contributed by atoms with Crippen molar-refractivity contribution in [3.05, 3.63) is 78.0 Å². The normalized spacial score (nSPS) is 18.7. The summed E-state index contributed by atoms with van der Waals surface area (Å²) in [6.45, 7) is 0.762. The molecule has 1 atom stereocenters. The Labute approximate surface area is 178 Å². The molecular weight excluding hydrogens is 374 g/mol. The molecule has 0 N–H and O–H groups in total. The molecule has 30 heavy (non-hydrogen) atoms. The van der Waals surface area contributed by atoms with Gasteiger partial charge in [0.15, 0.2) is 0 Å². The third-order valence-electron chi connectivity index (χ3n) is 5.70. The zero-order valence-corrected chi connectivity index (χ0v) is 17.3. The number of rotatable bonds is 4. The Morgan fingerprint density at radius 1 is 1.13 bits per heavy atom. The van der Waals surface area contributed by atoms with Crippen molar-refractivity contribution in [3.63, 3.8) is 0 Å². The zero-order valence-electron chi connectivity index (χ0n) is 17.3. The van der Waals surface area contributed by atoms with Gasteiger partial charge in [-0.15, -0.1) is 5.10 Å². The number of ether oxygens (including phenoxy) is 1. The van der Waals surface area contributed by atoms with Crippen molar-refractivity contribution in [2.75, 3.05) is 13.7 Å². The van der Waals surface area contributed by atoms with E-state index in [0.717, 1.165) is 49.1 Å². The van der Waals surface area contributed by atoms with Crippen molar-refractivity contribution in [1.29, 1.82) is 0 Å². The van der Waals surface area contributed by atoms with Crippen LogP contribution in [0, 0.1) is 0 Å². The Hall–Kier alpha value is -3.30. The third kappa shape index (κ3) is 4.64. The van der Waals surface area contributed by atoms with Gasteiger partial charge in [-0.3, -0.25) is 0 Å². The standard InChI is InChI=1S/C25H27N3O2/c1-30-24-14-12-21(13-15-24)22-10-7-16-26-28(19-22)25(29)27-17-6-5-11-23(27)18-20-8-3-2-4-9-20/h2-4,7-9,12-15,19,23H,5-6,10-11,17-18H2,1H3. The van der Waals surface area contributed by atoms with E-state index in [1.165, 1.54) is 10.6 Å². The third-order valence-corrected chi connectivity index (χ3v) is 5.70. The van der Waals surface area contributed by atoms with Gasteiger partial charge >= 0.3 is 6.03 Å². The second kappa shape index (κ2) is 9.47. The summed E-state index contributed by atoms with van der Waals surface area (Å²) in [6, 6.07) is 18.4. The van der Waals surface area contributed by atoms with Crippen LogP contribution >= 0.6 is 0 Å². The lowest BCUT2D eigenvalue weighted by atomic mass is 9.96.